The van der Waals surface area contributed by atoms with Crippen LogP contribution in [-0.4, -0.2) is 10.6 Å². The number of benzene rings is 9. The van der Waals surface area contributed by atoms with Crippen molar-refractivity contribution in [1.29, 1.82) is 0 Å². The second-order valence-corrected chi connectivity index (χ2v) is 16.6. The van der Waals surface area contributed by atoms with Crippen molar-refractivity contribution in [2.75, 3.05) is 4.90 Å². The molecule has 12 rings (SSSR count). The number of furan rings is 1. The molecule has 0 fully saturated rings. The highest BCUT2D eigenvalue weighted by atomic mass is 16.3. The Morgan fingerprint density at radius 1 is 0.525 bits per heavy atom. The number of allylic oxidation sites excluding steroid dienone is 2. The molecule has 0 spiro atoms. The monoisotopic (exact) mass is 782 g/mol. The molecule has 0 amide bonds. The van der Waals surface area contributed by atoms with E-state index in [0.29, 0.717) is 0 Å². The molecule has 9 aromatic carbocycles. The van der Waals surface area contributed by atoms with Crippen molar-refractivity contribution in [3.05, 3.63) is 217 Å². The second kappa shape index (κ2) is 14.0. The van der Waals surface area contributed by atoms with Gasteiger partial charge in [0.25, 0.3) is 0 Å². The Labute approximate surface area is 354 Å². The Morgan fingerprint density at radius 2 is 1.20 bits per heavy atom. The van der Waals surface area contributed by atoms with Crippen LogP contribution in [0, 0.1) is 13.8 Å². The topological polar surface area (TPSA) is 21.3 Å². The maximum Gasteiger partial charge on any atom is 0.143 e. The third-order valence-electron chi connectivity index (χ3n) is 12.7. The van der Waals surface area contributed by atoms with E-state index in [4.69, 9.17) is 4.42 Å². The Hall–Kier alpha value is -7.62. The maximum atomic E-state index is 6.47. The summed E-state index contributed by atoms with van der Waals surface area (Å²) in [4.78, 5) is 2.55. The van der Waals surface area contributed by atoms with E-state index < -0.39 is 0 Å². The minimum Gasteiger partial charge on any atom is -0.455 e. The molecular weight excluding hydrogens is 741 g/mol. The van der Waals surface area contributed by atoms with Crippen LogP contribution >= 0.6 is 0 Å². The summed E-state index contributed by atoms with van der Waals surface area (Å²) in [6, 6.07) is 66.7. The van der Waals surface area contributed by atoms with Crippen molar-refractivity contribution in [3.63, 3.8) is 0 Å². The van der Waals surface area contributed by atoms with E-state index in [1.165, 1.54) is 82.6 Å². The average molecular weight is 783 g/mol. The standard InChI is InChI=1S/C58H42N2O/c1-37-32-38(2)34-45(33-37)60-54-20-9-7-16-50(54)53-35-41(26-31-55(53)60)39-22-27-43(28-23-39)59(56-36-42-12-3-4-13-46(42)48-14-5-6-15-49(48)56)44-29-24-40(25-30-44)47-18-11-19-52-51-17-8-10-21-57(51)61-58(47)52/h3-29,31-36,44H,30H2,1-2H3. The summed E-state index contributed by atoms with van der Waals surface area (Å²) >= 11 is 0. The molecule has 0 N–H and O–H groups in total. The second-order valence-electron chi connectivity index (χ2n) is 16.6. The molecule has 11 aromatic rings. The number of hydrogen-bond acceptors (Lipinski definition) is 2. The highest BCUT2D eigenvalue weighted by Crippen LogP contribution is 2.43. The van der Waals surface area contributed by atoms with Crippen LogP contribution in [0.3, 0.4) is 0 Å². The van der Waals surface area contributed by atoms with Gasteiger partial charge in [-0.25, -0.2) is 0 Å². The highest BCUT2D eigenvalue weighted by molar-refractivity contribution is 6.14. The van der Waals surface area contributed by atoms with E-state index >= 15 is 0 Å². The molecule has 2 heterocycles. The van der Waals surface area contributed by atoms with Gasteiger partial charge in [0.2, 0.25) is 0 Å². The van der Waals surface area contributed by atoms with Crippen molar-refractivity contribution >= 4 is 82.2 Å². The summed E-state index contributed by atoms with van der Waals surface area (Å²) in [5.74, 6) is 0. The molecule has 0 saturated heterocycles. The lowest BCUT2D eigenvalue weighted by atomic mass is 9.93. The van der Waals surface area contributed by atoms with Crippen LogP contribution < -0.4 is 4.90 Å². The first-order valence-corrected chi connectivity index (χ1v) is 21.3. The lowest BCUT2D eigenvalue weighted by molar-refractivity contribution is 0.667. The fraction of sp³-hybridized carbons (Fsp3) is 0.0690. The van der Waals surface area contributed by atoms with Crippen LogP contribution in [0.2, 0.25) is 0 Å². The zero-order valence-corrected chi connectivity index (χ0v) is 34.1. The van der Waals surface area contributed by atoms with Gasteiger partial charge in [-0.3, -0.25) is 0 Å². The summed E-state index contributed by atoms with van der Waals surface area (Å²) in [6.45, 7) is 4.36. The average Bonchev–Trinajstić information content (AvgIpc) is 3.85. The van der Waals surface area contributed by atoms with Crippen molar-refractivity contribution < 1.29 is 4.42 Å². The molecule has 3 heteroatoms. The minimum atomic E-state index is 0.0850. The third kappa shape index (κ3) is 5.80. The fourth-order valence-corrected chi connectivity index (χ4v) is 10.0. The van der Waals surface area contributed by atoms with E-state index in [2.05, 4.69) is 217 Å². The van der Waals surface area contributed by atoms with Gasteiger partial charge in [0, 0.05) is 43.9 Å². The molecule has 1 atom stereocenters. The van der Waals surface area contributed by atoms with Crippen molar-refractivity contribution in [3.8, 4) is 16.8 Å². The first-order valence-electron chi connectivity index (χ1n) is 21.3. The predicted molar refractivity (Wildman–Crippen MR) is 259 cm³/mol. The number of aromatic nitrogens is 1. The van der Waals surface area contributed by atoms with Crippen LogP contribution in [0.15, 0.2) is 205 Å². The molecule has 1 aliphatic carbocycles. The van der Waals surface area contributed by atoms with Crippen LogP contribution in [0.25, 0.3) is 87.7 Å². The molecule has 0 saturated carbocycles. The molecule has 3 nitrogen and oxygen atoms in total. The number of nitrogens with zero attached hydrogens (tertiary/aromatic N) is 2. The molecule has 290 valence electrons. The fourth-order valence-electron chi connectivity index (χ4n) is 10.0. The Kier molecular flexibility index (Phi) is 8.11. The number of aryl methyl sites for hydroxylation is 2. The molecule has 61 heavy (non-hydrogen) atoms. The van der Waals surface area contributed by atoms with Crippen LogP contribution in [-0.2, 0) is 0 Å². The lowest BCUT2D eigenvalue weighted by Gasteiger charge is -2.34. The predicted octanol–water partition coefficient (Wildman–Crippen LogP) is 15.8. The van der Waals surface area contributed by atoms with Gasteiger partial charge in [-0.15, -0.1) is 0 Å². The van der Waals surface area contributed by atoms with E-state index in [1.807, 2.05) is 6.07 Å². The quantitative estimate of drug-likeness (QED) is 0.157. The van der Waals surface area contributed by atoms with E-state index in [9.17, 15) is 0 Å². The number of para-hydroxylation sites is 3. The summed E-state index contributed by atoms with van der Waals surface area (Å²) in [5.41, 5.74) is 15.1. The molecule has 1 unspecified atom stereocenters. The van der Waals surface area contributed by atoms with Crippen LogP contribution in [0.5, 0.6) is 0 Å². The molecule has 0 radical (unpaired) electrons. The molecule has 2 aromatic heterocycles. The molecule has 0 bridgehead atoms. The maximum absolute atomic E-state index is 6.47. The Balaban J connectivity index is 0.961. The number of anilines is 2. The smallest absolute Gasteiger partial charge is 0.143 e. The normalized spacial score (nSPS) is 14.2. The summed E-state index contributed by atoms with van der Waals surface area (Å²) < 4.78 is 8.89. The Bertz CT molecular complexity index is 3580. The van der Waals surface area contributed by atoms with Crippen molar-refractivity contribution in [2.45, 2.75) is 26.3 Å². The van der Waals surface area contributed by atoms with Crippen molar-refractivity contribution in [1.82, 2.24) is 4.57 Å². The van der Waals surface area contributed by atoms with Crippen LogP contribution in [0.1, 0.15) is 23.1 Å². The van der Waals surface area contributed by atoms with Gasteiger partial charge in [-0.1, -0.05) is 146 Å². The van der Waals surface area contributed by atoms with E-state index in [0.717, 1.165) is 39.6 Å². The van der Waals surface area contributed by atoms with E-state index in [-0.39, 0.29) is 6.04 Å². The number of fused-ring (bicyclic) bond motifs is 9. The summed E-state index contributed by atoms with van der Waals surface area (Å²) in [5, 5.41) is 9.83. The zero-order chi connectivity index (χ0) is 40.6. The summed E-state index contributed by atoms with van der Waals surface area (Å²) in [6.07, 6.45) is 7.91. The van der Waals surface area contributed by atoms with Gasteiger partial charge in [0.05, 0.1) is 22.8 Å². The SMILES string of the molecule is Cc1cc(C)cc(-n2c3ccccc3c3cc(-c4ccc(N(c5cc6ccccc6c6ccccc56)C5C=CC(c6cccc7c6oc6ccccc67)=CC5)cc4)ccc32)c1. The molecular formula is C58H42N2O. The van der Waals surface area contributed by atoms with Gasteiger partial charge in [0.1, 0.15) is 11.2 Å². The van der Waals surface area contributed by atoms with Gasteiger partial charge >= 0.3 is 0 Å². The Morgan fingerprint density at radius 3 is 2.00 bits per heavy atom. The largest absolute Gasteiger partial charge is 0.455 e. The van der Waals surface area contributed by atoms with Gasteiger partial charge in [-0.05, 0) is 119 Å². The molecule has 1 aliphatic rings. The lowest BCUT2D eigenvalue weighted by Crippen LogP contribution is -2.30. The van der Waals surface area contributed by atoms with Gasteiger partial charge < -0.3 is 13.9 Å². The van der Waals surface area contributed by atoms with Gasteiger partial charge in [0.15, 0.2) is 0 Å². The highest BCUT2D eigenvalue weighted by Gasteiger charge is 2.25. The van der Waals surface area contributed by atoms with E-state index in [1.54, 1.807) is 0 Å². The first kappa shape index (κ1) is 35.3. The third-order valence-corrected chi connectivity index (χ3v) is 12.7. The number of hydrogen-bond donors (Lipinski definition) is 0. The minimum absolute atomic E-state index is 0.0850. The first-order chi connectivity index (χ1) is 30.1. The summed E-state index contributed by atoms with van der Waals surface area (Å²) in [7, 11) is 0. The van der Waals surface area contributed by atoms with Crippen molar-refractivity contribution in [2.24, 2.45) is 0 Å². The van der Waals surface area contributed by atoms with Gasteiger partial charge in [-0.2, -0.15) is 0 Å². The zero-order valence-electron chi connectivity index (χ0n) is 34.1. The van der Waals surface area contributed by atoms with Crippen LogP contribution in [0.4, 0.5) is 11.4 Å². The number of rotatable bonds is 6. The molecule has 0 aliphatic heterocycles.